The molecule has 0 aliphatic carbocycles. The first kappa shape index (κ1) is 32.0. The largest absolute Gasteiger partial charge is 0.497 e. The van der Waals surface area contributed by atoms with Crippen molar-refractivity contribution in [3.63, 3.8) is 0 Å². The SMILES string of the molecule is CC[C@H](C)NC(=O)[C@H](CC)N(Cc1ccccc1Cl)C(=O)CN(c1ccc(C)cc1)S(=O)(=O)c1ccc(OC)cc1. The van der Waals surface area contributed by atoms with Crippen molar-refractivity contribution in [2.45, 2.75) is 64.1 Å². The minimum absolute atomic E-state index is 0.00545. The number of hydrogen-bond donors (Lipinski definition) is 1. The van der Waals surface area contributed by atoms with Crippen LogP contribution in [-0.4, -0.2) is 50.9 Å². The second-order valence-electron chi connectivity index (χ2n) is 9.88. The van der Waals surface area contributed by atoms with E-state index in [4.69, 9.17) is 16.3 Å². The normalized spacial score (nSPS) is 12.7. The predicted octanol–water partition coefficient (Wildman–Crippen LogP) is 5.57. The Bertz CT molecular complexity index is 1430. The zero-order chi connectivity index (χ0) is 30.2. The van der Waals surface area contributed by atoms with Gasteiger partial charge in [-0.25, -0.2) is 8.42 Å². The van der Waals surface area contributed by atoms with E-state index in [0.29, 0.717) is 28.4 Å². The molecule has 10 heteroatoms. The second kappa shape index (κ2) is 14.4. The summed E-state index contributed by atoms with van der Waals surface area (Å²) in [5, 5.41) is 3.41. The number of benzene rings is 3. The van der Waals surface area contributed by atoms with Crippen LogP contribution in [0.4, 0.5) is 5.69 Å². The number of anilines is 1. The molecule has 220 valence electrons. The summed E-state index contributed by atoms with van der Waals surface area (Å²) >= 11 is 6.45. The number of nitrogens with one attached hydrogen (secondary N) is 1. The topological polar surface area (TPSA) is 96.0 Å². The Hall–Kier alpha value is -3.56. The van der Waals surface area contributed by atoms with Crippen LogP contribution in [0.15, 0.2) is 77.7 Å². The molecule has 0 bridgehead atoms. The van der Waals surface area contributed by atoms with E-state index in [2.05, 4.69) is 5.32 Å². The fourth-order valence-electron chi connectivity index (χ4n) is 4.29. The lowest BCUT2D eigenvalue weighted by Crippen LogP contribution is -2.53. The monoisotopic (exact) mass is 599 g/mol. The number of ether oxygens (including phenoxy) is 1. The molecule has 3 aromatic rings. The first-order chi connectivity index (χ1) is 19.5. The molecule has 0 spiro atoms. The number of halogens is 1. The predicted molar refractivity (Wildman–Crippen MR) is 163 cm³/mol. The summed E-state index contributed by atoms with van der Waals surface area (Å²) in [6, 6.07) is 19.0. The molecule has 0 aliphatic rings. The Morgan fingerprint density at radius 3 is 2.15 bits per heavy atom. The van der Waals surface area contributed by atoms with Crippen LogP contribution in [0, 0.1) is 6.92 Å². The fourth-order valence-corrected chi connectivity index (χ4v) is 5.90. The minimum Gasteiger partial charge on any atom is -0.497 e. The lowest BCUT2D eigenvalue weighted by molar-refractivity contribution is -0.140. The third-order valence-electron chi connectivity index (χ3n) is 6.93. The maximum atomic E-state index is 14.1. The van der Waals surface area contributed by atoms with Gasteiger partial charge in [0.05, 0.1) is 17.7 Å². The van der Waals surface area contributed by atoms with Crippen LogP contribution in [0.2, 0.25) is 5.02 Å². The number of aryl methyl sites for hydroxylation is 1. The van der Waals surface area contributed by atoms with Crippen LogP contribution < -0.4 is 14.4 Å². The summed E-state index contributed by atoms with van der Waals surface area (Å²) in [6.07, 6.45) is 1.05. The number of carbonyl (C=O) groups excluding carboxylic acids is 2. The number of rotatable bonds is 13. The highest BCUT2D eigenvalue weighted by molar-refractivity contribution is 7.92. The molecule has 0 aromatic heterocycles. The first-order valence-electron chi connectivity index (χ1n) is 13.6. The van der Waals surface area contributed by atoms with Crippen molar-refractivity contribution in [2.24, 2.45) is 0 Å². The van der Waals surface area contributed by atoms with E-state index in [-0.39, 0.29) is 23.4 Å². The molecule has 0 unspecified atom stereocenters. The van der Waals surface area contributed by atoms with Crippen molar-refractivity contribution in [1.29, 1.82) is 0 Å². The van der Waals surface area contributed by atoms with E-state index in [0.717, 1.165) is 16.3 Å². The van der Waals surface area contributed by atoms with Gasteiger partial charge in [-0.15, -0.1) is 0 Å². The highest BCUT2D eigenvalue weighted by atomic mass is 35.5. The summed E-state index contributed by atoms with van der Waals surface area (Å²) in [5.41, 5.74) is 1.92. The van der Waals surface area contributed by atoms with Crippen LogP contribution in [0.1, 0.15) is 44.7 Å². The molecule has 8 nitrogen and oxygen atoms in total. The van der Waals surface area contributed by atoms with Crippen LogP contribution >= 0.6 is 11.6 Å². The number of carbonyl (C=O) groups is 2. The van der Waals surface area contributed by atoms with E-state index >= 15 is 0 Å². The quantitative estimate of drug-likeness (QED) is 0.277. The lowest BCUT2D eigenvalue weighted by Gasteiger charge is -2.34. The molecule has 2 atom stereocenters. The van der Waals surface area contributed by atoms with Crippen molar-refractivity contribution in [3.05, 3.63) is 88.9 Å². The van der Waals surface area contributed by atoms with Gasteiger partial charge in [-0.05, 0) is 74.7 Å². The van der Waals surface area contributed by atoms with E-state index in [1.165, 1.54) is 24.1 Å². The van der Waals surface area contributed by atoms with Gasteiger partial charge in [0.2, 0.25) is 11.8 Å². The molecule has 0 radical (unpaired) electrons. The Morgan fingerprint density at radius 1 is 0.951 bits per heavy atom. The minimum atomic E-state index is -4.17. The zero-order valence-electron chi connectivity index (χ0n) is 24.1. The highest BCUT2D eigenvalue weighted by Crippen LogP contribution is 2.27. The smallest absolute Gasteiger partial charge is 0.264 e. The van der Waals surface area contributed by atoms with Crippen molar-refractivity contribution in [2.75, 3.05) is 18.0 Å². The maximum Gasteiger partial charge on any atom is 0.264 e. The summed E-state index contributed by atoms with van der Waals surface area (Å²) in [5.74, 6) is -0.332. The van der Waals surface area contributed by atoms with E-state index in [9.17, 15) is 18.0 Å². The molecule has 0 heterocycles. The number of hydrogen-bond acceptors (Lipinski definition) is 5. The average molecular weight is 600 g/mol. The first-order valence-corrected chi connectivity index (χ1v) is 15.4. The number of amides is 2. The van der Waals surface area contributed by atoms with E-state index < -0.39 is 28.5 Å². The molecule has 3 rings (SSSR count). The summed E-state index contributed by atoms with van der Waals surface area (Å²) in [7, 11) is -2.68. The lowest BCUT2D eigenvalue weighted by atomic mass is 10.1. The molecule has 0 saturated heterocycles. The Kier molecular flexibility index (Phi) is 11.2. The van der Waals surface area contributed by atoms with Gasteiger partial charge in [0.25, 0.3) is 10.0 Å². The molecule has 3 aromatic carbocycles. The summed E-state index contributed by atoms with van der Waals surface area (Å²) in [6.45, 7) is 7.08. The Labute approximate surface area is 248 Å². The second-order valence-corrected chi connectivity index (χ2v) is 12.1. The van der Waals surface area contributed by atoms with Gasteiger partial charge in [-0.3, -0.25) is 13.9 Å². The number of nitrogens with zero attached hydrogens (tertiary/aromatic N) is 2. The molecule has 2 amide bonds. The number of sulfonamides is 1. The standard InChI is InChI=1S/C31H38ClN3O5S/c1-6-23(4)33-31(37)29(7-2)34(20-24-10-8-9-11-28(24)32)30(36)21-35(25-14-12-22(3)13-15-25)41(38,39)27-18-16-26(40-5)17-19-27/h8-19,23,29H,6-7,20-21H2,1-5H3,(H,33,37)/t23-,29-/m0/s1. The fraction of sp³-hybridized carbons (Fsp3) is 0.355. The Morgan fingerprint density at radius 2 is 1.59 bits per heavy atom. The third-order valence-corrected chi connectivity index (χ3v) is 9.09. The molecule has 0 aliphatic heterocycles. The van der Waals surface area contributed by atoms with Crippen LogP contribution in [0.25, 0.3) is 0 Å². The molecule has 0 fully saturated rings. The van der Waals surface area contributed by atoms with Crippen molar-refractivity contribution < 1.29 is 22.7 Å². The van der Waals surface area contributed by atoms with Crippen molar-refractivity contribution in [3.8, 4) is 5.75 Å². The third kappa shape index (κ3) is 8.01. The van der Waals surface area contributed by atoms with Crippen LogP contribution in [0.3, 0.4) is 0 Å². The summed E-state index contributed by atoms with van der Waals surface area (Å²) in [4.78, 5) is 28.9. The van der Waals surface area contributed by atoms with Gasteiger partial charge in [-0.1, -0.05) is 61.3 Å². The van der Waals surface area contributed by atoms with Crippen LogP contribution in [0.5, 0.6) is 5.75 Å². The van der Waals surface area contributed by atoms with Gasteiger partial charge in [0.1, 0.15) is 18.3 Å². The van der Waals surface area contributed by atoms with Gasteiger partial charge in [-0.2, -0.15) is 0 Å². The van der Waals surface area contributed by atoms with Gasteiger partial charge >= 0.3 is 0 Å². The number of methoxy groups -OCH3 is 1. The van der Waals surface area contributed by atoms with Crippen molar-refractivity contribution >= 4 is 39.1 Å². The van der Waals surface area contributed by atoms with E-state index in [1.807, 2.05) is 27.7 Å². The van der Waals surface area contributed by atoms with Crippen LogP contribution in [-0.2, 0) is 26.2 Å². The molecule has 41 heavy (non-hydrogen) atoms. The molecular weight excluding hydrogens is 562 g/mol. The maximum absolute atomic E-state index is 14.1. The molecule has 0 saturated carbocycles. The average Bonchev–Trinajstić information content (AvgIpc) is 2.97. The highest BCUT2D eigenvalue weighted by Gasteiger charge is 2.34. The van der Waals surface area contributed by atoms with E-state index in [1.54, 1.807) is 60.7 Å². The molecule has 1 N–H and O–H groups in total. The zero-order valence-corrected chi connectivity index (χ0v) is 25.7. The van der Waals surface area contributed by atoms with Gasteiger partial charge in [0.15, 0.2) is 0 Å². The van der Waals surface area contributed by atoms with Gasteiger partial charge < -0.3 is 15.0 Å². The van der Waals surface area contributed by atoms with Crippen molar-refractivity contribution in [1.82, 2.24) is 10.2 Å². The molecular formula is C31H38ClN3O5S. The Balaban J connectivity index is 2.06. The summed E-state index contributed by atoms with van der Waals surface area (Å²) < 4.78 is 34.2. The van der Waals surface area contributed by atoms with Gasteiger partial charge in [0, 0.05) is 17.6 Å².